The maximum Gasteiger partial charge on any atom is 0.216 e. The molecule has 5 nitrogen and oxygen atoms in total. The summed E-state index contributed by atoms with van der Waals surface area (Å²) in [6.07, 6.45) is 2.58. The van der Waals surface area contributed by atoms with Gasteiger partial charge in [-0.2, -0.15) is 5.10 Å². The highest BCUT2D eigenvalue weighted by molar-refractivity contribution is 5.30. The van der Waals surface area contributed by atoms with Crippen LogP contribution in [-0.2, 0) is 13.6 Å². The molecule has 1 atom stereocenters. The van der Waals surface area contributed by atoms with Crippen LogP contribution in [0.4, 0.5) is 0 Å². The topological polar surface area (TPSA) is 42.3 Å². The van der Waals surface area contributed by atoms with Gasteiger partial charge in [0.15, 0.2) is 0 Å². The third kappa shape index (κ3) is 2.84. The maximum absolute atomic E-state index is 5.43. The van der Waals surface area contributed by atoms with Crippen LogP contribution in [0.15, 0.2) is 0 Å². The number of aryl methyl sites for hydroxylation is 2. The van der Waals surface area contributed by atoms with Crippen LogP contribution in [0.3, 0.4) is 0 Å². The number of aromatic nitrogens is 2. The van der Waals surface area contributed by atoms with Crippen molar-refractivity contribution in [1.29, 1.82) is 0 Å². The molecule has 0 aromatic carbocycles. The van der Waals surface area contributed by atoms with Crippen LogP contribution in [0, 0.1) is 6.92 Å². The highest BCUT2D eigenvalue weighted by Crippen LogP contribution is 2.22. The fourth-order valence-electron chi connectivity index (χ4n) is 2.74. The van der Waals surface area contributed by atoms with Gasteiger partial charge in [-0.25, -0.2) is 4.68 Å². The Morgan fingerprint density at radius 1 is 1.56 bits per heavy atom. The number of methoxy groups -OCH3 is 1. The first-order chi connectivity index (χ1) is 8.61. The molecule has 0 bridgehead atoms. The number of nitrogens with zero attached hydrogens (tertiary/aromatic N) is 3. The summed E-state index contributed by atoms with van der Waals surface area (Å²) in [6.45, 7) is 5.17. The van der Waals surface area contributed by atoms with Crippen molar-refractivity contribution >= 4 is 0 Å². The first-order valence-corrected chi connectivity index (χ1v) is 6.60. The average molecular weight is 252 g/mol. The number of hydrogen-bond donors (Lipinski definition) is 1. The first-order valence-electron chi connectivity index (χ1n) is 6.60. The number of likely N-dealkylation sites (N-methyl/N-ethyl adjacent to an activating group) is 1. The molecule has 1 aliphatic rings. The molecular weight excluding hydrogens is 228 g/mol. The second-order valence-corrected chi connectivity index (χ2v) is 5.19. The monoisotopic (exact) mass is 252 g/mol. The van der Waals surface area contributed by atoms with Crippen molar-refractivity contribution < 1.29 is 4.74 Å². The summed E-state index contributed by atoms with van der Waals surface area (Å²) in [5.41, 5.74) is 2.25. The van der Waals surface area contributed by atoms with Crippen LogP contribution in [0.2, 0.25) is 0 Å². The van der Waals surface area contributed by atoms with Gasteiger partial charge in [0.1, 0.15) is 0 Å². The van der Waals surface area contributed by atoms with Gasteiger partial charge in [-0.1, -0.05) is 0 Å². The molecule has 1 saturated heterocycles. The third-order valence-electron chi connectivity index (χ3n) is 3.60. The number of rotatable bonds is 5. The molecule has 0 radical (unpaired) electrons. The minimum absolute atomic E-state index is 0.637. The highest BCUT2D eigenvalue weighted by atomic mass is 16.5. The molecule has 0 aliphatic carbocycles. The van der Waals surface area contributed by atoms with Gasteiger partial charge in [0.25, 0.3) is 0 Å². The first kappa shape index (κ1) is 13.4. The van der Waals surface area contributed by atoms with Crippen molar-refractivity contribution in [3.63, 3.8) is 0 Å². The molecule has 1 unspecified atom stereocenters. The molecule has 1 aromatic rings. The van der Waals surface area contributed by atoms with Crippen molar-refractivity contribution in [2.24, 2.45) is 7.05 Å². The van der Waals surface area contributed by atoms with Gasteiger partial charge in [-0.3, -0.25) is 0 Å². The Hall–Kier alpha value is -1.07. The highest BCUT2D eigenvalue weighted by Gasteiger charge is 2.19. The Morgan fingerprint density at radius 2 is 2.33 bits per heavy atom. The van der Waals surface area contributed by atoms with E-state index in [0.717, 1.165) is 31.2 Å². The molecule has 5 heteroatoms. The van der Waals surface area contributed by atoms with Crippen molar-refractivity contribution in [3.05, 3.63) is 11.3 Å². The maximum atomic E-state index is 5.43. The van der Waals surface area contributed by atoms with Gasteiger partial charge in [0, 0.05) is 26.2 Å². The Morgan fingerprint density at radius 3 is 2.94 bits per heavy atom. The van der Waals surface area contributed by atoms with E-state index in [-0.39, 0.29) is 0 Å². The van der Waals surface area contributed by atoms with Crippen LogP contribution >= 0.6 is 0 Å². The molecule has 1 fully saturated rings. The number of nitrogens with one attached hydrogen (secondary N) is 1. The quantitative estimate of drug-likeness (QED) is 0.846. The zero-order valence-electron chi connectivity index (χ0n) is 11.9. The summed E-state index contributed by atoms with van der Waals surface area (Å²) in [4.78, 5) is 2.34. The molecule has 0 amide bonds. The van der Waals surface area contributed by atoms with E-state index in [9.17, 15) is 0 Å². The van der Waals surface area contributed by atoms with Crippen LogP contribution in [0.5, 0.6) is 5.88 Å². The molecule has 2 rings (SSSR count). The zero-order chi connectivity index (χ0) is 13.1. The Labute approximate surface area is 109 Å². The average Bonchev–Trinajstić information content (AvgIpc) is 2.89. The van der Waals surface area contributed by atoms with Crippen LogP contribution in [-0.4, -0.2) is 48.0 Å². The van der Waals surface area contributed by atoms with E-state index in [1.807, 2.05) is 18.7 Å². The van der Waals surface area contributed by atoms with Crippen molar-refractivity contribution in [2.45, 2.75) is 32.4 Å². The Kier molecular flexibility index (Phi) is 4.24. The molecule has 1 aromatic heterocycles. The summed E-state index contributed by atoms with van der Waals surface area (Å²) in [5.74, 6) is 0.874. The van der Waals surface area contributed by atoms with E-state index in [2.05, 4.69) is 22.4 Å². The van der Waals surface area contributed by atoms with E-state index in [1.54, 1.807) is 7.11 Å². The van der Waals surface area contributed by atoms with E-state index >= 15 is 0 Å². The van der Waals surface area contributed by atoms with Gasteiger partial charge in [0.05, 0.1) is 18.4 Å². The second-order valence-electron chi connectivity index (χ2n) is 5.19. The molecule has 18 heavy (non-hydrogen) atoms. The number of ether oxygens (including phenoxy) is 1. The van der Waals surface area contributed by atoms with E-state index < -0.39 is 0 Å². The second kappa shape index (κ2) is 5.71. The Balaban J connectivity index is 1.99. The van der Waals surface area contributed by atoms with Gasteiger partial charge < -0.3 is 15.0 Å². The third-order valence-corrected chi connectivity index (χ3v) is 3.60. The summed E-state index contributed by atoms with van der Waals surface area (Å²) in [7, 11) is 5.79. The summed E-state index contributed by atoms with van der Waals surface area (Å²) < 4.78 is 7.24. The summed E-state index contributed by atoms with van der Waals surface area (Å²) in [6, 6.07) is 0.637. The predicted octanol–water partition coefficient (Wildman–Crippen LogP) is 0.921. The summed E-state index contributed by atoms with van der Waals surface area (Å²) >= 11 is 0. The SMILES string of the molecule is COc1c(CN(C)CC2CCCN2)c(C)nn1C. The minimum Gasteiger partial charge on any atom is -0.481 e. The summed E-state index contributed by atoms with van der Waals surface area (Å²) in [5, 5.41) is 7.94. The number of hydrogen-bond acceptors (Lipinski definition) is 4. The van der Waals surface area contributed by atoms with E-state index in [0.29, 0.717) is 6.04 Å². The van der Waals surface area contributed by atoms with E-state index in [1.165, 1.54) is 18.4 Å². The standard InChI is InChI=1S/C13H24N4O/c1-10-12(13(18-4)17(3)15-10)9-16(2)8-11-6-5-7-14-11/h11,14H,5-9H2,1-4H3. The predicted molar refractivity (Wildman–Crippen MR) is 71.9 cm³/mol. The lowest BCUT2D eigenvalue weighted by Gasteiger charge is -2.21. The van der Waals surface area contributed by atoms with Crippen LogP contribution < -0.4 is 10.1 Å². The van der Waals surface area contributed by atoms with Gasteiger partial charge >= 0.3 is 0 Å². The zero-order valence-corrected chi connectivity index (χ0v) is 11.9. The van der Waals surface area contributed by atoms with Gasteiger partial charge in [0.2, 0.25) is 5.88 Å². The molecule has 0 spiro atoms. The smallest absolute Gasteiger partial charge is 0.216 e. The minimum atomic E-state index is 0.637. The lowest BCUT2D eigenvalue weighted by atomic mass is 10.2. The van der Waals surface area contributed by atoms with E-state index in [4.69, 9.17) is 4.74 Å². The van der Waals surface area contributed by atoms with Crippen molar-refractivity contribution in [3.8, 4) is 5.88 Å². The lowest BCUT2D eigenvalue weighted by molar-refractivity contribution is 0.285. The Bertz CT molecular complexity index is 396. The fraction of sp³-hybridized carbons (Fsp3) is 0.769. The molecule has 1 N–H and O–H groups in total. The van der Waals surface area contributed by atoms with Crippen LogP contribution in [0.1, 0.15) is 24.1 Å². The molecule has 102 valence electrons. The van der Waals surface area contributed by atoms with Crippen molar-refractivity contribution in [2.75, 3.05) is 27.2 Å². The largest absolute Gasteiger partial charge is 0.481 e. The fourth-order valence-corrected chi connectivity index (χ4v) is 2.74. The normalized spacial score (nSPS) is 19.7. The van der Waals surface area contributed by atoms with Gasteiger partial charge in [-0.05, 0) is 33.4 Å². The van der Waals surface area contributed by atoms with Crippen LogP contribution in [0.25, 0.3) is 0 Å². The van der Waals surface area contributed by atoms with Crippen molar-refractivity contribution in [1.82, 2.24) is 20.0 Å². The lowest BCUT2D eigenvalue weighted by Crippen LogP contribution is -2.35. The molecule has 1 aliphatic heterocycles. The molecular formula is C13H24N4O. The van der Waals surface area contributed by atoms with Gasteiger partial charge in [-0.15, -0.1) is 0 Å². The molecule has 2 heterocycles. The molecule has 0 saturated carbocycles.